The Bertz CT molecular complexity index is 563. The molecule has 0 spiro atoms. The van der Waals surface area contributed by atoms with Crippen molar-refractivity contribution in [3.63, 3.8) is 0 Å². The van der Waals surface area contributed by atoms with E-state index >= 15 is 0 Å². The van der Waals surface area contributed by atoms with Gasteiger partial charge in [0.15, 0.2) is 0 Å². The number of ether oxygens (including phenoxy) is 1. The quantitative estimate of drug-likeness (QED) is 0.620. The smallest absolute Gasteiger partial charge is 0.142 e. The van der Waals surface area contributed by atoms with Crippen molar-refractivity contribution in [2.24, 2.45) is 0 Å². The summed E-state index contributed by atoms with van der Waals surface area (Å²) in [5.41, 5.74) is 8.93. The topological polar surface area (TPSA) is 48.1 Å². The summed E-state index contributed by atoms with van der Waals surface area (Å²) >= 11 is 1.66. The van der Waals surface area contributed by atoms with Crippen LogP contribution in [0.2, 0.25) is 0 Å². The van der Waals surface area contributed by atoms with Gasteiger partial charge in [0.25, 0.3) is 0 Å². The zero-order chi connectivity index (χ0) is 14.5. The summed E-state index contributed by atoms with van der Waals surface area (Å²) in [4.78, 5) is 4.65. The lowest BCUT2D eigenvalue weighted by Crippen LogP contribution is -2.00. The van der Waals surface area contributed by atoms with Crippen LogP contribution in [0.15, 0.2) is 23.6 Å². The third-order valence-corrected chi connectivity index (χ3v) is 4.04. The second-order valence-electron chi connectivity index (χ2n) is 5.19. The van der Waals surface area contributed by atoms with E-state index in [0.717, 1.165) is 41.5 Å². The van der Waals surface area contributed by atoms with Crippen molar-refractivity contribution in [2.45, 2.75) is 39.5 Å². The van der Waals surface area contributed by atoms with E-state index in [1.807, 2.05) is 18.2 Å². The Balaban J connectivity index is 2.15. The van der Waals surface area contributed by atoms with Gasteiger partial charge in [0, 0.05) is 10.9 Å². The number of unbranched alkanes of at least 4 members (excludes halogenated alkanes) is 1. The Morgan fingerprint density at radius 3 is 2.75 bits per heavy atom. The Morgan fingerprint density at radius 2 is 2.15 bits per heavy atom. The summed E-state index contributed by atoms with van der Waals surface area (Å²) in [5.74, 6) is 1.22. The predicted molar refractivity (Wildman–Crippen MR) is 86.5 cm³/mol. The van der Waals surface area contributed by atoms with Gasteiger partial charge in [-0.3, -0.25) is 0 Å². The van der Waals surface area contributed by atoms with E-state index in [0.29, 0.717) is 11.6 Å². The van der Waals surface area contributed by atoms with Crippen molar-refractivity contribution in [3.8, 4) is 16.3 Å². The van der Waals surface area contributed by atoms with E-state index < -0.39 is 0 Å². The first-order valence-electron chi connectivity index (χ1n) is 7.10. The normalized spacial score (nSPS) is 11.0. The van der Waals surface area contributed by atoms with Crippen LogP contribution in [0, 0.1) is 0 Å². The summed E-state index contributed by atoms with van der Waals surface area (Å²) in [6, 6.07) is 5.92. The van der Waals surface area contributed by atoms with Gasteiger partial charge in [-0.25, -0.2) is 4.98 Å². The summed E-state index contributed by atoms with van der Waals surface area (Å²) in [7, 11) is 0. The Labute approximate surface area is 124 Å². The number of hydrogen-bond acceptors (Lipinski definition) is 4. The van der Waals surface area contributed by atoms with Crippen LogP contribution in [0.3, 0.4) is 0 Å². The molecule has 0 aliphatic heterocycles. The lowest BCUT2D eigenvalue weighted by Gasteiger charge is -2.09. The molecule has 1 heterocycles. The number of aromatic nitrogens is 1. The molecule has 1 aromatic heterocycles. The van der Waals surface area contributed by atoms with Crippen molar-refractivity contribution in [2.75, 3.05) is 12.3 Å². The summed E-state index contributed by atoms with van der Waals surface area (Å²) in [5, 5.41) is 3.13. The first kappa shape index (κ1) is 14.9. The minimum Gasteiger partial charge on any atom is -0.491 e. The molecule has 0 aliphatic rings. The lowest BCUT2D eigenvalue weighted by atomic mass is 10.1. The van der Waals surface area contributed by atoms with Gasteiger partial charge >= 0.3 is 0 Å². The highest BCUT2D eigenvalue weighted by molar-refractivity contribution is 7.13. The third kappa shape index (κ3) is 3.51. The highest BCUT2D eigenvalue weighted by atomic mass is 32.1. The minimum absolute atomic E-state index is 0.453. The first-order valence-corrected chi connectivity index (χ1v) is 7.98. The molecule has 0 amide bonds. The number of nitrogens with zero attached hydrogens (tertiary/aromatic N) is 1. The lowest BCUT2D eigenvalue weighted by molar-refractivity contribution is 0.311. The summed E-state index contributed by atoms with van der Waals surface area (Å²) in [6.45, 7) is 7.16. The molecule has 4 heteroatoms. The SMILES string of the molecule is CCCCOc1ccc(-c2nc(C(C)C)cs2)cc1N. The monoisotopic (exact) mass is 290 g/mol. The highest BCUT2D eigenvalue weighted by Crippen LogP contribution is 2.31. The van der Waals surface area contributed by atoms with Crippen LogP contribution in [0.4, 0.5) is 5.69 Å². The molecule has 3 nitrogen and oxygen atoms in total. The maximum absolute atomic E-state index is 6.06. The number of nitrogens with two attached hydrogens (primary N) is 1. The van der Waals surface area contributed by atoms with Crippen molar-refractivity contribution < 1.29 is 4.74 Å². The van der Waals surface area contributed by atoms with E-state index in [9.17, 15) is 0 Å². The van der Waals surface area contributed by atoms with Gasteiger partial charge < -0.3 is 10.5 Å². The summed E-state index contributed by atoms with van der Waals surface area (Å²) in [6.07, 6.45) is 2.17. The molecule has 0 aliphatic carbocycles. The van der Waals surface area contributed by atoms with E-state index in [-0.39, 0.29) is 0 Å². The Morgan fingerprint density at radius 1 is 1.35 bits per heavy atom. The fourth-order valence-electron chi connectivity index (χ4n) is 1.82. The second kappa shape index (κ2) is 6.75. The van der Waals surface area contributed by atoms with Crippen molar-refractivity contribution in [1.82, 2.24) is 4.98 Å². The van der Waals surface area contributed by atoms with Crippen LogP contribution in [0.5, 0.6) is 5.75 Å². The molecular weight excluding hydrogens is 268 g/mol. The maximum atomic E-state index is 6.06. The van der Waals surface area contributed by atoms with Crippen LogP contribution >= 0.6 is 11.3 Å². The van der Waals surface area contributed by atoms with Crippen LogP contribution < -0.4 is 10.5 Å². The molecule has 0 saturated heterocycles. The van der Waals surface area contributed by atoms with E-state index in [1.54, 1.807) is 11.3 Å². The molecule has 108 valence electrons. The van der Waals surface area contributed by atoms with Crippen molar-refractivity contribution >= 4 is 17.0 Å². The Kier molecular flexibility index (Phi) is 5.01. The molecule has 1 aromatic carbocycles. The minimum atomic E-state index is 0.453. The molecule has 0 radical (unpaired) electrons. The van der Waals surface area contributed by atoms with Gasteiger partial charge in [-0.2, -0.15) is 0 Å². The largest absolute Gasteiger partial charge is 0.491 e. The molecule has 2 N–H and O–H groups in total. The van der Waals surface area contributed by atoms with Crippen LogP contribution in [0.25, 0.3) is 10.6 Å². The highest BCUT2D eigenvalue weighted by Gasteiger charge is 2.09. The molecule has 0 bridgehead atoms. The molecule has 0 saturated carbocycles. The molecule has 0 unspecified atom stereocenters. The zero-order valence-electron chi connectivity index (χ0n) is 12.3. The Hall–Kier alpha value is -1.55. The number of benzene rings is 1. The van der Waals surface area contributed by atoms with Crippen LogP contribution in [-0.4, -0.2) is 11.6 Å². The average molecular weight is 290 g/mol. The first-order chi connectivity index (χ1) is 9.61. The second-order valence-corrected chi connectivity index (χ2v) is 6.04. The predicted octanol–water partition coefficient (Wildman–Crippen LogP) is 4.69. The number of rotatable bonds is 6. The van der Waals surface area contributed by atoms with Crippen LogP contribution in [0.1, 0.15) is 45.2 Å². The molecule has 20 heavy (non-hydrogen) atoms. The number of anilines is 1. The standard InChI is InChI=1S/C16H22N2OS/c1-4-5-8-19-15-7-6-12(9-13(15)17)16-18-14(10-20-16)11(2)3/h6-7,9-11H,4-5,8,17H2,1-3H3. The van der Waals surface area contributed by atoms with Gasteiger partial charge in [-0.05, 0) is 30.5 Å². The number of thiazole rings is 1. The number of hydrogen-bond donors (Lipinski definition) is 1. The maximum Gasteiger partial charge on any atom is 0.142 e. The van der Waals surface area contributed by atoms with E-state index in [4.69, 9.17) is 10.5 Å². The molecule has 0 fully saturated rings. The fourth-order valence-corrected chi connectivity index (χ4v) is 2.80. The zero-order valence-corrected chi connectivity index (χ0v) is 13.2. The van der Waals surface area contributed by atoms with Gasteiger partial charge in [-0.15, -0.1) is 11.3 Å². The number of nitrogen functional groups attached to an aromatic ring is 1. The van der Waals surface area contributed by atoms with Gasteiger partial charge in [0.05, 0.1) is 18.0 Å². The average Bonchev–Trinajstić information content (AvgIpc) is 2.90. The van der Waals surface area contributed by atoms with Gasteiger partial charge in [0.1, 0.15) is 10.8 Å². The van der Waals surface area contributed by atoms with Gasteiger partial charge in [-0.1, -0.05) is 27.2 Å². The van der Waals surface area contributed by atoms with E-state index in [2.05, 4.69) is 31.1 Å². The molecular formula is C16H22N2OS. The fraction of sp³-hybridized carbons (Fsp3) is 0.438. The molecule has 2 rings (SSSR count). The molecule has 0 atom stereocenters. The van der Waals surface area contributed by atoms with E-state index in [1.165, 1.54) is 0 Å². The third-order valence-electron chi connectivity index (χ3n) is 3.13. The van der Waals surface area contributed by atoms with Gasteiger partial charge in [0.2, 0.25) is 0 Å². The van der Waals surface area contributed by atoms with Crippen LogP contribution in [-0.2, 0) is 0 Å². The molecule has 2 aromatic rings. The van der Waals surface area contributed by atoms with Crippen molar-refractivity contribution in [1.29, 1.82) is 0 Å². The van der Waals surface area contributed by atoms with Crippen molar-refractivity contribution in [3.05, 3.63) is 29.3 Å². The summed E-state index contributed by atoms with van der Waals surface area (Å²) < 4.78 is 5.67.